The van der Waals surface area contributed by atoms with Gasteiger partial charge in [0.25, 0.3) is 0 Å². The van der Waals surface area contributed by atoms with Gasteiger partial charge in [-0.3, -0.25) is 4.90 Å². The van der Waals surface area contributed by atoms with Gasteiger partial charge in [-0.05, 0) is 17.2 Å². The van der Waals surface area contributed by atoms with Gasteiger partial charge in [-0.25, -0.2) is 0 Å². The number of aromatic amines is 1. The van der Waals surface area contributed by atoms with E-state index in [9.17, 15) is 0 Å². The van der Waals surface area contributed by atoms with E-state index in [4.69, 9.17) is 0 Å². The Kier molecular flexibility index (Phi) is 2.80. The Morgan fingerprint density at radius 2 is 2.28 bits per heavy atom. The molecule has 1 aliphatic heterocycles. The molecule has 2 heterocycles. The summed E-state index contributed by atoms with van der Waals surface area (Å²) < 4.78 is 0. The van der Waals surface area contributed by atoms with Gasteiger partial charge in [-0.15, -0.1) is 13.2 Å². The second-order valence-electron chi connectivity index (χ2n) is 4.91. The van der Waals surface area contributed by atoms with Crippen LogP contribution in [0.4, 0.5) is 0 Å². The van der Waals surface area contributed by atoms with Gasteiger partial charge in [0, 0.05) is 42.7 Å². The summed E-state index contributed by atoms with van der Waals surface area (Å²) in [5, 5.41) is 1.38. The van der Waals surface area contributed by atoms with Crippen LogP contribution < -0.4 is 0 Å². The Labute approximate surface area is 108 Å². The molecule has 1 aromatic heterocycles. The zero-order valence-electron chi connectivity index (χ0n) is 10.5. The number of hydrogen-bond acceptors (Lipinski definition) is 1. The van der Waals surface area contributed by atoms with E-state index in [1.807, 2.05) is 6.08 Å². The molecular weight excluding hydrogens is 220 g/mol. The van der Waals surface area contributed by atoms with E-state index in [0.717, 1.165) is 19.6 Å². The van der Waals surface area contributed by atoms with Gasteiger partial charge in [0.05, 0.1) is 0 Å². The molecule has 0 saturated carbocycles. The first-order valence-electron chi connectivity index (χ1n) is 6.38. The number of benzene rings is 1. The van der Waals surface area contributed by atoms with Crippen LogP contribution >= 0.6 is 0 Å². The summed E-state index contributed by atoms with van der Waals surface area (Å²) in [4.78, 5) is 5.80. The van der Waals surface area contributed by atoms with E-state index >= 15 is 0 Å². The molecule has 18 heavy (non-hydrogen) atoms. The summed E-state index contributed by atoms with van der Waals surface area (Å²) in [5.41, 5.74) is 4.01. The molecule has 1 aliphatic rings. The number of rotatable bonds is 3. The quantitative estimate of drug-likeness (QED) is 0.812. The third-order valence-electron chi connectivity index (χ3n) is 3.74. The molecule has 1 atom stereocenters. The maximum absolute atomic E-state index is 3.99. The normalized spacial score (nSPS) is 19.7. The van der Waals surface area contributed by atoms with Gasteiger partial charge in [0.15, 0.2) is 0 Å². The lowest BCUT2D eigenvalue weighted by Crippen LogP contribution is -2.26. The second kappa shape index (κ2) is 4.46. The lowest BCUT2D eigenvalue weighted by atomic mass is 9.98. The largest absolute Gasteiger partial charge is 0.361 e. The number of aromatic nitrogens is 1. The first-order valence-corrected chi connectivity index (χ1v) is 6.38. The number of H-pyrrole nitrogens is 1. The molecule has 2 nitrogen and oxygen atoms in total. The van der Waals surface area contributed by atoms with Gasteiger partial charge in [0.1, 0.15) is 0 Å². The van der Waals surface area contributed by atoms with Gasteiger partial charge in [0.2, 0.25) is 0 Å². The maximum atomic E-state index is 3.99. The predicted octanol–water partition coefficient (Wildman–Crippen LogP) is 3.44. The summed E-state index contributed by atoms with van der Waals surface area (Å²) >= 11 is 0. The molecule has 1 aromatic carbocycles. The fraction of sp³-hybridized carbons (Fsp3) is 0.250. The van der Waals surface area contributed by atoms with Crippen molar-refractivity contribution >= 4 is 10.9 Å². The first-order chi connectivity index (χ1) is 8.83. The molecule has 2 aromatic rings. The monoisotopic (exact) mass is 238 g/mol. The average Bonchev–Trinajstić information content (AvgIpc) is 2.73. The molecule has 0 fully saturated rings. The van der Waals surface area contributed by atoms with Gasteiger partial charge < -0.3 is 4.98 Å². The molecule has 0 bridgehead atoms. The van der Waals surface area contributed by atoms with Crippen LogP contribution in [-0.2, 0) is 6.54 Å². The number of nitrogens with zero attached hydrogens (tertiary/aromatic N) is 1. The Morgan fingerprint density at radius 3 is 3.06 bits per heavy atom. The lowest BCUT2D eigenvalue weighted by Gasteiger charge is -2.21. The molecule has 0 aliphatic carbocycles. The van der Waals surface area contributed by atoms with Gasteiger partial charge in [-0.2, -0.15) is 0 Å². The van der Waals surface area contributed by atoms with Gasteiger partial charge >= 0.3 is 0 Å². The van der Waals surface area contributed by atoms with E-state index in [1.54, 1.807) is 0 Å². The van der Waals surface area contributed by atoms with Crippen LogP contribution in [0.3, 0.4) is 0 Å². The molecule has 0 spiro atoms. The number of nitrogens with one attached hydrogen (secondary N) is 1. The Morgan fingerprint density at radius 1 is 1.39 bits per heavy atom. The highest BCUT2D eigenvalue weighted by atomic mass is 15.1. The van der Waals surface area contributed by atoms with Crippen molar-refractivity contribution in [1.82, 2.24) is 9.88 Å². The summed E-state index contributed by atoms with van der Waals surface area (Å²) in [6.45, 7) is 10.8. The summed E-state index contributed by atoms with van der Waals surface area (Å²) in [6, 6.07) is 6.49. The lowest BCUT2D eigenvalue weighted by molar-refractivity contribution is 0.292. The summed E-state index contributed by atoms with van der Waals surface area (Å²) in [5.74, 6) is 0.391. The molecule has 0 amide bonds. The molecule has 0 radical (unpaired) electrons. The second-order valence-corrected chi connectivity index (χ2v) is 4.91. The molecule has 1 unspecified atom stereocenters. The summed E-state index contributed by atoms with van der Waals surface area (Å²) in [7, 11) is 0. The van der Waals surface area contributed by atoms with E-state index in [2.05, 4.69) is 53.5 Å². The minimum Gasteiger partial charge on any atom is -0.361 e. The van der Waals surface area contributed by atoms with Crippen molar-refractivity contribution in [2.75, 3.05) is 13.1 Å². The molecule has 3 rings (SSSR count). The third-order valence-corrected chi connectivity index (χ3v) is 3.74. The highest BCUT2D eigenvalue weighted by Gasteiger charge is 2.22. The zero-order valence-corrected chi connectivity index (χ0v) is 10.5. The van der Waals surface area contributed by atoms with Crippen molar-refractivity contribution in [3.05, 3.63) is 60.8 Å². The highest BCUT2D eigenvalue weighted by Crippen LogP contribution is 2.33. The molecule has 0 saturated heterocycles. The molecule has 1 N–H and O–H groups in total. The first kappa shape index (κ1) is 11.3. The standard InChI is InChI=1S/C16H18N2/c1-3-8-18-10-12(4-2)14-9-17-15-7-5-6-13(11-18)16(14)15/h3-7,9,12,17H,1-2,8,10-11H2. The van der Waals surface area contributed by atoms with Crippen molar-refractivity contribution in [1.29, 1.82) is 0 Å². The fourth-order valence-electron chi connectivity index (χ4n) is 2.92. The third kappa shape index (κ3) is 1.70. The maximum Gasteiger partial charge on any atom is 0.0460 e. The minimum atomic E-state index is 0.391. The van der Waals surface area contributed by atoms with Gasteiger partial charge in [-0.1, -0.05) is 24.3 Å². The number of hydrogen-bond donors (Lipinski definition) is 1. The summed E-state index contributed by atoms with van der Waals surface area (Å²) in [6.07, 6.45) is 6.17. The topological polar surface area (TPSA) is 19.0 Å². The van der Waals surface area contributed by atoms with Crippen LogP contribution in [-0.4, -0.2) is 23.0 Å². The van der Waals surface area contributed by atoms with E-state index in [1.165, 1.54) is 22.0 Å². The molecule has 92 valence electrons. The van der Waals surface area contributed by atoms with Crippen molar-refractivity contribution in [2.24, 2.45) is 0 Å². The SMILES string of the molecule is C=CCN1Cc2cccc3[nH]cc(c23)C(C=C)C1. The van der Waals surface area contributed by atoms with Crippen molar-refractivity contribution in [2.45, 2.75) is 12.5 Å². The minimum absolute atomic E-state index is 0.391. The van der Waals surface area contributed by atoms with Crippen molar-refractivity contribution in [3.8, 4) is 0 Å². The van der Waals surface area contributed by atoms with E-state index in [-0.39, 0.29) is 0 Å². The smallest absolute Gasteiger partial charge is 0.0460 e. The highest BCUT2D eigenvalue weighted by molar-refractivity contribution is 5.87. The van der Waals surface area contributed by atoms with Crippen LogP contribution in [0.15, 0.2) is 49.7 Å². The van der Waals surface area contributed by atoms with E-state index in [0.29, 0.717) is 5.92 Å². The van der Waals surface area contributed by atoms with Crippen LogP contribution in [0.2, 0.25) is 0 Å². The zero-order chi connectivity index (χ0) is 12.5. The van der Waals surface area contributed by atoms with Crippen LogP contribution in [0, 0.1) is 0 Å². The van der Waals surface area contributed by atoms with E-state index < -0.39 is 0 Å². The molecule has 2 heteroatoms. The Balaban J connectivity index is 2.16. The Hall–Kier alpha value is -1.80. The van der Waals surface area contributed by atoms with Crippen LogP contribution in [0.5, 0.6) is 0 Å². The predicted molar refractivity (Wildman–Crippen MR) is 76.7 cm³/mol. The fourth-order valence-corrected chi connectivity index (χ4v) is 2.92. The Bertz CT molecular complexity index is 594. The van der Waals surface area contributed by atoms with Crippen LogP contribution in [0.25, 0.3) is 10.9 Å². The molecular formula is C16H18N2. The van der Waals surface area contributed by atoms with Crippen molar-refractivity contribution in [3.63, 3.8) is 0 Å². The van der Waals surface area contributed by atoms with Crippen molar-refractivity contribution < 1.29 is 0 Å². The average molecular weight is 238 g/mol. The van der Waals surface area contributed by atoms with Crippen LogP contribution in [0.1, 0.15) is 17.0 Å².